The van der Waals surface area contributed by atoms with E-state index >= 15 is 0 Å². The zero-order valence-corrected chi connectivity index (χ0v) is 10.9. The number of anilines is 1. The standard InChI is InChI=1S/C13H23N5/c1(2-11-3-6-14-8-11)5-16-13-4-7-17-18(13)12-9-15-10-12/h4,7,11-12,14-16H,1-3,5-6,8-10H2. The van der Waals surface area contributed by atoms with Crippen LogP contribution in [0.15, 0.2) is 12.3 Å². The van der Waals surface area contributed by atoms with Crippen molar-refractivity contribution in [3.05, 3.63) is 12.3 Å². The average molecular weight is 249 g/mol. The third-order valence-electron chi connectivity index (χ3n) is 4.03. The molecule has 2 aliphatic heterocycles. The summed E-state index contributed by atoms with van der Waals surface area (Å²) in [4.78, 5) is 0. The summed E-state index contributed by atoms with van der Waals surface area (Å²) in [6, 6.07) is 2.62. The van der Waals surface area contributed by atoms with E-state index in [0.29, 0.717) is 6.04 Å². The molecule has 1 atom stereocenters. The second-order valence-corrected chi connectivity index (χ2v) is 5.40. The Hall–Kier alpha value is -1.07. The Kier molecular flexibility index (Phi) is 3.81. The van der Waals surface area contributed by atoms with Gasteiger partial charge >= 0.3 is 0 Å². The highest BCUT2D eigenvalue weighted by Crippen LogP contribution is 2.18. The lowest BCUT2D eigenvalue weighted by Gasteiger charge is -2.29. The Morgan fingerprint density at radius 3 is 3.00 bits per heavy atom. The van der Waals surface area contributed by atoms with Gasteiger partial charge in [0.2, 0.25) is 0 Å². The first-order valence-corrected chi connectivity index (χ1v) is 7.12. The molecule has 1 aromatic rings. The van der Waals surface area contributed by atoms with E-state index in [1.54, 1.807) is 0 Å². The third kappa shape index (κ3) is 2.67. The molecular formula is C13H23N5. The Morgan fingerprint density at radius 1 is 1.33 bits per heavy atom. The van der Waals surface area contributed by atoms with Gasteiger partial charge in [-0.25, -0.2) is 4.68 Å². The van der Waals surface area contributed by atoms with Gasteiger partial charge in [-0.3, -0.25) is 0 Å². The molecule has 0 spiro atoms. The summed E-state index contributed by atoms with van der Waals surface area (Å²) in [7, 11) is 0. The van der Waals surface area contributed by atoms with E-state index in [0.717, 1.165) is 25.6 Å². The highest BCUT2D eigenvalue weighted by atomic mass is 15.4. The van der Waals surface area contributed by atoms with E-state index in [1.807, 2.05) is 6.20 Å². The Labute approximate surface area is 108 Å². The van der Waals surface area contributed by atoms with Crippen LogP contribution in [0.3, 0.4) is 0 Å². The lowest BCUT2D eigenvalue weighted by Crippen LogP contribution is -2.44. The van der Waals surface area contributed by atoms with Crippen molar-refractivity contribution in [3.8, 4) is 0 Å². The van der Waals surface area contributed by atoms with Gasteiger partial charge in [0.25, 0.3) is 0 Å². The number of rotatable bonds is 6. The van der Waals surface area contributed by atoms with Crippen LogP contribution < -0.4 is 16.0 Å². The van der Waals surface area contributed by atoms with Crippen LogP contribution in [0.5, 0.6) is 0 Å². The molecule has 5 nitrogen and oxygen atoms in total. The molecule has 1 aromatic heterocycles. The molecule has 2 fully saturated rings. The van der Waals surface area contributed by atoms with Crippen LogP contribution in [0.4, 0.5) is 5.82 Å². The van der Waals surface area contributed by atoms with Gasteiger partial charge in [-0.2, -0.15) is 5.10 Å². The lowest BCUT2D eigenvalue weighted by molar-refractivity contribution is 0.321. The molecule has 0 amide bonds. The van der Waals surface area contributed by atoms with Crippen LogP contribution in [0.25, 0.3) is 0 Å². The molecular weight excluding hydrogens is 226 g/mol. The fourth-order valence-electron chi connectivity index (χ4n) is 2.76. The minimum absolute atomic E-state index is 0.543. The number of aromatic nitrogens is 2. The lowest BCUT2D eigenvalue weighted by atomic mass is 10.0. The molecule has 0 saturated carbocycles. The maximum atomic E-state index is 4.40. The van der Waals surface area contributed by atoms with E-state index in [1.165, 1.54) is 38.2 Å². The molecule has 0 radical (unpaired) electrons. The van der Waals surface area contributed by atoms with Gasteiger partial charge in [-0.05, 0) is 38.3 Å². The second-order valence-electron chi connectivity index (χ2n) is 5.40. The second kappa shape index (κ2) is 5.71. The molecule has 3 N–H and O–H groups in total. The van der Waals surface area contributed by atoms with Crippen LogP contribution in [0.1, 0.15) is 25.3 Å². The largest absolute Gasteiger partial charge is 0.370 e. The summed E-state index contributed by atoms with van der Waals surface area (Å²) < 4.78 is 2.12. The van der Waals surface area contributed by atoms with Crippen LogP contribution in [-0.4, -0.2) is 42.5 Å². The minimum atomic E-state index is 0.543. The fraction of sp³-hybridized carbons (Fsp3) is 0.769. The summed E-state index contributed by atoms with van der Waals surface area (Å²) in [5.41, 5.74) is 0. The van der Waals surface area contributed by atoms with Crippen molar-refractivity contribution in [2.75, 3.05) is 38.0 Å². The summed E-state index contributed by atoms with van der Waals surface area (Å²) in [5.74, 6) is 2.07. The average Bonchev–Trinajstić information content (AvgIpc) is 2.94. The van der Waals surface area contributed by atoms with Gasteiger partial charge < -0.3 is 16.0 Å². The maximum Gasteiger partial charge on any atom is 0.124 e. The zero-order valence-electron chi connectivity index (χ0n) is 10.9. The van der Waals surface area contributed by atoms with E-state index in [-0.39, 0.29) is 0 Å². The van der Waals surface area contributed by atoms with Gasteiger partial charge in [0.05, 0.1) is 12.2 Å². The quantitative estimate of drug-likeness (QED) is 0.654. The summed E-state index contributed by atoms with van der Waals surface area (Å²) in [5, 5.41) is 14.6. The predicted octanol–water partition coefficient (Wildman–Crippen LogP) is 0.829. The van der Waals surface area contributed by atoms with Gasteiger partial charge in [-0.15, -0.1) is 0 Å². The molecule has 0 bridgehead atoms. The highest BCUT2D eigenvalue weighted by Gasteiger charge is 2.21. The van der Waals surface area contributed by atoms with E-state index in [4.69, 9.17) is 0 Å². The summed E-state index contributed by atoms with van der Waals surface area (Å²) in [6.07, 6.45) is 5.83. The first kappa shape index (κ1) is 12.0. The van der Waals surface area contributed by atoms with E-state index in [9.17, 15) is 0 Å². The third-order valence-corrected chi connectivity index (χ3v) is 4.03. The number of hydrogen-bond acceptors (Lipinski definition) is 4. The zero-order chi connectivity index (χ0) is 12.2. The van der Waals surface area contributed by atoms with Crippen LogP contribution in [-0.2, 0) is 0 Å². The van der Waals surface area contributed by atoms with E-state index < -0.39 is 0 Å². The molecule has 0 aliphatic carbocycles. The summed E-state index contributed by atoms with van der Waals surface area (Å²) in [6.45, 7) is 5.57. The monoisotopic (exact) mass is 249 g/mol. The Morgan fingerprint density at radius 2 is 2.28 bits per heavy atom. The van der Waals surface area contributed by atoms with Gasteiger partial charge in [0.15, 0.2) is 0 Å². The molecule has 3 rings (SSSR count). The summed E-state index contributed by atoms with van der Waals surface area (Å²) >= 11 is 0. The molecule has 0 aromatic carbocycles. The molecule has 5 heteroatoms. The van der Waals surface area contributed by atoms with Crippen molar-refractivity contribution in [1.82, 2.24) is 20.4 Å². The molecule has 3 heterocycles. The van der Waals surface area contributed by atoms with Gasteiger partial charge in [0, 0.05) is 25.7 Å². The Balaban J connectivity index is 1.40. The number of nitrogens with zero attached hydrogens (tertiary/aromatic N) is 2. The molecule has 1 unspecified atom stereocenters. The highest BCUT2D eigenvalue weighted by molar-refractivity contribution is 5.34. The first-order valence-electron chi connectivity index (χ1n) is 7.12. The Bertz CT molecular complexity index is 365. The van der Waals surface area contributed by atoms with Crippen molar-refractivity contribution in [2.24, 2.45) is 5.92 Å². The predicted molar refractivity (Wildman–Crippen MR) is 72.8 cm³/mol. The van der Waals surface area contributed by atoms with Crippen molar-refractivity contribution in [2.45, 2.75) is 25.3 Å². The van der Waals surface area contributed by atoms with Crippen LogP contribution >= 0.6 is 0 Å². The van der Waals surface area contributed by atoms with Crippen LogP contribution in [0.2, 0.25) is 0 Å². The fourth-order valence-corrected chi connectivity index (χ4v) is 2.76. The smallest absolute Gasteiger partial charge is 0.124 e. The van der Waals surface area contributed by atoms with E-state index in [2.05, 4.69) is 31.8 Å². The van der Waals surface area contributed by atoms with Crippen LogP contribution in [0, 0.1) is 5.92 Å². The topological polar surface area (TPSA) is 53.9 Å². The SMILES string of the molecule is c1cc(NCCCC2CCNC2)n(C2CNC2)n1. The normalized spacial score (nSPS) is 24.1. The van der Waals surface area contributed by atoms with Gasteiger partial charge in [0.1, 0.15) is 5.82 Å². The molecule has 2 aliphatic rings. The van der Waals surface area contributed by atoms with Crippen molar-refractivity contribution >= 4 is 5.82 Å². The molecule has 100 valence electrons. The number of hydrogen-bond donors (Lipinski definition) is 3. The maximum absolute atomic E-state index is 4.40. The first-order chi connectivity index (χ1) is 8.93. The molecule has 2 saturated heterocycles. The van der Waals surface area contributed by atoms with Crippen molar-refractivity contribution in [3.63, 3.8) is 0 Å². The van der Waals surface area contributed by atoms with Gasteiger partial charge in [-0.1, -0.05) is 0 Å². The minimum Gasteiger partial charge on any atom is -0.370 e. The molecule has 18 heavy (non-hydrogen) atoms. The van der Waals surface area contributed by atoms with Crippen molar-refractivity contribution in [1.29, 1.82) is 0 Å². The van der Waals surface area contributed by atoms with Crippen molar-refractivity contribution < 1.29 is 0 Å². The number of nitrogens with one attached hydrogen (secondary N) is 3.